The lowest BCUT2D eigenvalue weighted by Gasteiger charge is -2.09. The number of ether oxygens (including phenoxy) is 1. The molecule has 0 N–H and O–H groups in total. The van der Waals surface area contributed by atoms with Crippen LogP contribution in [0.4, 0.5) is 18.9 Å². The summed E-state index contributed by atoms with van der Waals surface area (Å²) in [6.07, 6.45) is -4.75. The van der Waals surface area contributed by atoms with Crippen molar-refractivity contribution in [1.82, 2.24) is 9.13 Å². The highest BCUT2D eigenvalue weighted by Crippen LogP contribution is 2.28. The Labute approximate surface area is 192 Å². The van der Waals surface area contributed by atoms with Gasteiger partial charge in [-0.3, -0.25) is 0 Å². The first-order valence-electron chi connectivity index (χ1n) is 9.61. The summed E-state index contributed by atoms with van der Waals surface area (Å²) in [5.41, 5.74) is 4.77. The maximum atomic E-state index is 12.4. The molecule has 0 spiro atoms. The fourth-order valence-corrected chi connectivity index (χ4v) is 4.09. The van der Waals surface area contributed by atoms with Gasteiger partial charge in [-0.15, -0.1) is 13.2 Å². The number of benzene rings is 3. The van der Waals surface area contributed by atoms with Crippen LogP contribution in [0.15, 0.2) is 65.7 Å². The van der Waals surface area contributed by atoms with Crippen LogP contribution in [0.1, 0.15) is 11.1 Å². The van der Waals surface area contributed by atoms with E-state index in [4.69, 9.17) is 23.2 Å². The Morgan fingerprint density at radius 1 is 0.969 bits per heavy atom. The normalized spacial score (nSPS) is 12.5. The summed E-state index contributed by atoms with van der Waals surface area (Å²) in [6, 6.07) is 17.0. The number of aromatic nitrogens is 2. The van der Waals surface area contributed by atoms with Crippen LogP contribution in [0.3, 0.4) is 0 Å². The van der Waals surface area contributed by atoms with Crippen molar-refractivity contribution < 1.29 is 17.9 Å². The number of halogens is 5. The molecule has 0 atom stereocenters. The molecule has 4 nitrogen and oxygen atoms in total. The molecule has 4 aromatic rings. The number of hydrogen-bond acceptors (Lipinski definition) is 2. The zero-order valence-electron chi connectivity index (χ0n) is 17.1. The van der Waals surface area contributed by atoms with Crippen LogP contribution in [0.5, 0.6) is 5.75 Å². The molecular formula is C23H18Cl2F3N3O. The van der Waals surface area contributed by atoms with E-state index in [2.05, 4.69) is 9.73 Å². The maximum Gasteiger partial charge on any atom is 0.573 e. The van der Waals surface area contributed by atoms with Crippen LogP contribution in [-0.2, 0) is 13.6 Å². The Kier molecular flexibility index (Phi) is 5.97. The fourth-order valence-electron chi connectivity index (χ4n) is 3.48. The SMILES string of the molecule is Cc1ccc(Cn2c(=Nc3ccc(OC(F)(F)F)cc3)n(C)c3c(Cl)cc(Cl)cc32)cc1. The monoisotopic (exact) mass is 479 g/mol. The van der Waals surface area contributed by atoms with Gasteiger partial charge in [-0.1, -0.05) is 53.0 Å². The van der Waals surface area contributed by atoms with E-state index in [0.717, 1.165) is 22.2 Å². The molecule has 0 unspecified atom stereocenters. The summed E-state index contributed by atoms with van der Waals surface area (Å²) in [5, 5.41) is 0.967. The molecule has 4 rings (SSSR count). The largest absolute Gasteiger partial charge is 0.573 e. The molecule has 0 aliphatic carbocycles. The van der Waals surface area contributed by atoms with E-state index in [1.165, 1.54) is 24.3 Å². The molecule has 3 aromatic carbocycles. The zero-order chi connectivity index (χ0) is 23.0. The minimum absolute atomic E-state index is 0.309. The van der Waals surface area contributed by atoms with Gasteiger partial charge in [0.1, 0.15) is 5.75 Å². The van der Waals surface area contributed by atoms with Gasteiger partial charge in [-0.2, -0.15) is 0 Å². The van der Waals surface area contributed by atoms with Gasteiger partial charge in [0.05, 0.1) is 28.3 Å². The first-order chi connectivity index (χ1) is 15.1. The van der Waals surface area contributed by atoms with Crippen molar-refractivity contribution in [3.8, 4) is 5.75 Å². The van der Waals surface area contributed by atoms with Gasteiger partial charge in [0.2, 0.25) is 5.62 Å². The van der Waals surface area contributed by atoms with E-state index in [-0.39, 0.29) is 5.75 Å². The molecule has 0 saturated heterocycles. The molecule has 1 aromatic heterocycles. The number of hydrogen-bond donors (Lipinski definition) is 0. The van der Waals surface area contributed by atoms with Crippen molar-refractivity contribution in [3.05, 3.63) is 87.5 Å². The Hall–Kier alpha value is -2.90. The molecule has 0 amide bonds. The van der Waals surface area contributed by atoms with E-state index in [1.807, 2.05) is 53.4 Å². The molecule has 0 aliphatic heterocycles. The second kappa shape index (κ2) is 8.56. The number of alkyl halides is 3. The highest BCUT2D eigenvalue weighted by molar-refractivity contribution is 6.38. The van der Waals surface area contributed by atoms with Crippen LogP contribution in [0.25, 0.3) is 11.0 Å². The highest BCUT2D eigenvalue weighted by atomic mass is 35.5. The lowest BCUT2D eigenvalue weighted by Crippen LogP contribution is -2.24. The minimum atomic E-state index is -4.75. The molecule has 9 heteroatoms. The van der Waals surface area contributed by atoms with Crippen LogP contribution < -0.4 is 10.4 Å². The number of fused-ring (bicyclic) bond motifs is 1. The van der Waals surface area contributed by atoms with E-state index in [1.54, 1.807) is 6.07 Å². The van der Waals surface area contributed by atoms with Crippen LogP contribution in [0.2, 0.25) is 10.0 Å². The highest BCUT2D eigenvalue weighted by Gasteiger charge is 2.30. The van der Waals surface area contributed by atoms with E-state index in [0.29, 0.717) is 27.9 Å². The Bertz CT molecular complexity index is 1340. The number of rotatable bonds is 4. The molecule has 0 bridgehead atoms. The minimum Gasteiger partial charge on any atom is -0.406 e. The Morgan fingerprint density at radius 2 is 1.62 bits per heavy atom. The molecule has 0 aliphatic rings. The third kappa shape index (κ3) is 4.79. The van der Waals surface area contributed by atoms with Gasteiger partial charge in [-0.25, -0.2) is 4.99 Å². The van der Waals surface area contributed by atoms with Gasteiger partial charge in [0.15, 0.2) is 0 Å². The van der Waals surface area contributed by atoms with Crippen molar-refractivity contribution in [2.24, 2.45) is 12.0 Å². The van der Waals surface area contributed by atoms with Crippen molar-refractivity contribution in [2.45, 2.75) is 19.8 Å². The van der Waals surface area contributed by atoms with E-state index in [9.17, 15) is 13.2 Å². The van der Waals surface area contributed by atoms with Crippen LogP contribution in [0, 0.1) is 6.92 Å². The molecule has 0 radical (unpaired) electrons. The maximum absolute atomic E-state index is 12.4. The molecule has 166 valence electrons. The summed E-state index contributed by atoms with van der Waals surface area (Å²) in [7, 11) is 1.83. The molecular weight excluding hydrogens is 462 g/mol. The van der Waals surface area contributed by atoms with Crippen molar-refractivity contribution >= 4 is 39.9 Å². The lowest BCUT2D eigenvalue weighted by atomic mass is 10.1. The molecule has 0 saturated carbocycles. The summed E-state index contributed by atoms with van der Waals surface area (Å²) in [4.78, 5) is 4.69. The van der Waals surface area contributed by atoms with Crippen LogP contribution >= 0.6 is 23.2 Å². The third-order valence-corrected chi connectivity index (χ3v) is 5.44. The number of imidazole rings is 1. The number of aryl methyl sites for hydroxylation is 2. The van der Waals surface area contributed by atoms with Gasteiger partial charge >= 0.3 is 6.36 Å². The predicted molar refractivity (Wildman–Crippen MR) is 120 cm³/mol. The zero-order valence-corrected chi connectivity index (χ0v) is 18.6. The van der Waals surface area contributed by atoms with Crippen molar-refractivity contribution in [3.63, 3.8) is 0 Å². The quantitative estimate of drug-likeness (QED) is 0.317. The average Bonchev–Trinajstić information content (AvgIpc) is 2.95. The van der Waals surface area contributed by atoms with E-state index >= 15 is 0 Å². The van der Waals surface area contributed by atoms with Gasteiger partial charge in [-0.05, 0) is 48.9 Å². The fraction of sp³-hybridized carbons (Fsp3) is 0.174. The first-order valence-corrected chi connectivity index (χ1v) is 10.4. The second-order valence-electron chi connectivity index (χ2n) is 7.34. The molecule has 32 heavy (non-hydrogen) atoms. The average molecular weight is 480 g/mol. The summed E-state index contributed by atoms with van der Waals surface area (Å²) in [6.45, 7) is 2.52. The van der Waals surface area contributed by atoms with E-state index < -0.39 is 6.36 Å². The topological polar surface area (TPSA) is 31.4 Å². The van der Waals surface area contributed by atoms with Gasteiger partial charge in [0.25, 0.3) is 0 Å². The standard InChI is InChI=1S/C23H18Cl2F3N3O/c1-14-3-5-15(6-4-14)13-31-20-12-16(24)11-19(25)21(20)30(2)22(31)29-17-7-9-18(10-8-17)32-23(26,27)28/h3-12H,13H2,1-2H3. The molecule has 1 heterocycles. The second-order valence-corrected chi connectivity index (χ2v) is 8.18. The summed E-state index contributed by atoms with van der Waals surface area (Å²) in [5.74, 6) is -0.309. The lowest BCUT2D eigenvalue weighted by molar-refractivity contribution is -0.274. The summed E-state index contributed by atoms with van der Waals surface area (Å²) >= 11 is 12.7. The van der Waals surface area contributed by atoms with Gasteiger partial charge < -0.3 is 13.9 Å². The number of nitrogens with zero attached hydrogens (tertiary/aromatic N) is 3. The van der Waals surface area contributed by atoms with Gasteiger partial charge in [0, 0.05) is 12.1 Å². The Morgan fingerprint density at radius 3 is 2.25 bits per heavy atom. The first kappa shape index (κ1) is 22.3. The third-order valence-electron chi connectivity index (χ3n) is 4.94. The van der Waals surface area contributed by atoms with Crippen molar-refractivity contribution in [1.29, 1.82) is 0 Å². The van der Waals surface area contributed by atoms with Crippen molar-refractivity contribution in [2.75, 3.05) is 0 Å². The Balaban J connectivity index is 1.87. The molecule has 0 fully saturated rings. The van der Waals surface area contributed by atoms with Crippen LogP contribution in [-0.4, -0.2) is 15.5 Å². The predicted octanol–water partition coefficient (Wildman–Crippen LogP) is 6.77. The smallest absolute Gasteiger partial charge is 0.406 e. The summed E-state index contributed by atoms with van der Waals surface area (Å²) < 4.78 is 45.1.